The minimum atomic E-state index is 0.177. The third-order valence-electron chi connectivity index (χ3n) is 1.93. The van der Waals surface area contributed by atoms with E-state index in [0.29, 0.717) is 17.3 Å². The van der Waals surface area contributed by atoms with Crippen molar-refractivity contribution in [3.63, 3.8) is 0 Å². The monoisotopic (exact) mass is 202 g/mol. The standard InChI is InChI=1S/C7H6N8/c8-7-10-5(12-14-7)6-13-11-4-3-9-1-2-15(4)6/h1-3H,(H3,8,10,12,14). The number of rotatable bonds is 1. The van der Waals surface area contributed by atoms with Gasteiger partial charge in [0, 0.05) is 12.4 Å². The molecule has 8 heteroatoms. The van der Waals surface area contributed by atoms with Crippen molar-refractivity contribution in [2.24, 2.45) is 0 Å². The van der Waals surface area contributed by atoms with E-state index in [1.807, 2.05) is 0 Å². The molecule has 0 aliphatic rings. The first kappa shape index (κ1) is 7.85. The maximum atomic E-state index is 5.41. The number of nitrogens with two attached hydrogens (primary N) is 1. The summed E-state index contributed by atoms with van der Waals surface area (Å²) in [6, 6.07) is 0. The summed E-state index contributed by atoms with van der Waals surface area (Å²) in [6.45, 7) is 0. The number of hydrogen-bond donors (Lipinski definition) is 2. The molecule has 0 atom stereocenters. The Balaban J connectivity index is 2.27. The van der Waals surface area contributed by atoms with Crippen molar-refractivity contribution in [3.05, 3.63) is 18.6 Å². The first-order valence-corrected chi connectivity index (χ1v) is 4.17. The minimum absolute atomic E-state index is 0.177. The number of anilines is 1. The zero-order chi connectivity index (χ0) is 10.3. The second-order valence-electron chi connectivity index (χ2n) is 2.87. The van der Waals surface area contributed by atoms with Gasteiger partial charge in [0.25, 0.3) is 0 Å². The highest BCUT2D eigenvalue weighted by molar-refractivity contribution is 5.51. The van der Waals surface area contributed by atoms with E-state index < -0.39 is 0 Å². The van der Waals surface area contributed by atoms with Gasteiger partial charge in [-0.2, -0.15) is 4.98 Å². The molecular weight excluding hydrogens is 196 g/mol. The van der Waals surface area contributed by atoms with Crippen LogP contribution in [-0.2, 0) is 0 Å². The summed E-state index contributed by atoms with van der Waals surface area (Å²) in [7, 11) is 0. The predicted octanol–water partition coefficient (Wildman–Crippen LogP) is -0.508. The van der Waals surface area contributed by atoms with Crippen LogP contribution in [0.1, 0.15) is 0 Å². The summed E-state index contributed by atoms with van der Waals surface area (Å²) in [5.41, 5.74) is 6.05. The van der Waals surface area contributed by atoms with Crippen molar-refractivity contribution in [2.75, 3.05) is 5.73 Å². The zero-order valence-corrected chi connectivity index (χ0v) is 7.49. The van der Waals surface area contributed by atoms with Crippen LogP contribution >= 0.6 is 0 Å². The van der Waals surface area contributed by atoms with E-state index in [0.717, 1.165) is 0 Å². The Hall–Kier alpha value is -2.51. The van der Waals surface area contributed by atoms with Gasteiger partial charge in [0.2, 0.25) is 11.8 Å². The van der Waals surface area contributed by atoms with E-state index >= 15 is 0 Å². The Labute approximate surface area is 83.2 Å². The normalized spacial score (nSPS) is 10.9. The van der Waals surface area contributed by atoms with E-state index in [1.54, 1.807) is 23.0 Å². The van der Waals surface area contributed by atoms with Crippen LogP contribution in [0.3, 0.4) is 0 Å². The van der Waals surface area contributed by atoms with Gasteiger partial charge in [-0.05, 0) is 0 Å². The maximum Gasteiger partial charge on any atom is 0.239 e. The fraction of sp³-hybridized carbons (Fsp3) is 0. The van der Waals surface area contributed by atoms with E-state index in [-0.39, 0.29) is 5.95 Å². The second-order valence-corrected chi connectivity index (χ2v) is 2.87. The molecular formula is C7H6N8. The highest BCUT2D eigenvalue weighted by Crippen LogP contribution is 2.12. The average Bonchev–Trinajstić information content (AvgIpc) is 2.83. The summed E-state index contributed by atoms with van der Waals surface area (Å²) >= 11 is 0. The van der Waals surface area contributed by atoms with Crippen molar-refractivity contribution >= 4 is 11.6 Å². The molecule has 0 radical (unpaired) electrons. The topological polar surface area (TPSA) is 111 Å². The lowest BCUT2D eigenvalue weighted by atomic mass is 10.5. The molecule has 0 saturated carbocycles. The average molecular weight is 202 g/mol. The molecule has 0 amide bonds. The fourth-order valence-electron chi connectivity index (χ4n) is 1.29. The first-order chi connectivity index (χ1) is 7.34. The molecule has 0 aliphatic carbocycles. The molecule has 3 heterocycles. The van der Waals surface area contributed by atoms with Crippen LogP contribution in [0, 0.1) is 0 Å². The summed E-state index contributed by atoms with van der Waals surface area (Å²) in [5, 5.41) is 14.3. The SMILES string of the molecule is Nc1n[nH]c(-c2nnc3cnccn23)n1. The molecule has 0 unspecified atom stereocenters. The van der Waals surface area contributed by atoms with Crippen LogP contribution in [0.5, 0.6) is 0 Å². The number of H-pyrrole nitrogens is 1. The van der Waals surface area contributed by atoms with Crippen molar-refractivity contribution < 1.29 is 0 Å². The molecule has 0 spiro atoms. The third kappa shape index (κ3) is 1.11. The Morgan fingerprint density at radius 3 is 3.07 bits per heavy atom. The molecule has 15 heavy (non-hydrogen) atoms. The van der Waals surface area contributed by atoms with Gasteiger partial charge in [-0.3, -0.25) is 14.5 Å². The second kappa shape index (κ2) is 2.74. The van der Waals surface area contributed by atoms with Gasteiger partial charge in [0.1, 0.15) is 0 Å². The van der Waals surface area contributed by atoms with Gasteiger partial charge in [0.05, 0.1) is 6.20 Å². The van der Waals surface area contributed by atoms with Crippen molar-refractivity contribution in [2.45, 2.75) is 0 Å². The highest BCUT2D eigenvalue weighted by atomic mass is 15.3. The third-order valence-corrected chi connectivity index (χ3v) is 1.93. The fourth-order valence-corrected chi connectivity index (χ4v) is 1.29. The quantitative estimate of drug-likeness (QED) is 0.549. The molecule has 0 saturated heterocycles. The Morgan fingerprint density at radius 2 is 2.27 bits per heavy atom. The lowest BCUT2D eigenvalue weighted by Crippen LogP contribution is -1.91. The molecule has 3 aromatic rings. The van der Waals surface area contributed by atoms with Gasteiger partial charge in [-0.25, -0.2) is 0 Å². The Bertz CT molecular complexity index is 608. The molecule has 74 valence electrons. The molecule has 0 aliphatic heterocycles. The Kier molecular flexibility index (Phi) is 1.43. The van der Waals surface area contributed by atoms with E-state index in [9.17, 15) is 0 Å². The van der Waals surface area contributed by atoms with E-state index in [2.05, 4.69) is 30.4 Å². The van der Waals surface area contributed by atoms with E-state index in [4.69, 9.17) is 5.73 Å². The molecule has 3 aromatic heterocycles. The van der Waals surface area contributed by atoms with Gasteiger partial charge < -0.3 is 5.73 Å². The first-order valence-electron chi connectivity index (χ1n) is 4.17. The summed E-state index contributed by atoms with van der Waals surface area (Å²) < 4.78 is 1.74. The summed E-state index contributed by atoms with van der Waals surface area (Å²) in [5.74, 6) is 1.21. The molecule has 0 aromatic carbocycles. The number of fused-ring (bicyclic) bond motifs is 1. The lowest BCUT2D eigenvalue weighted by molar-refractivity contribution is 1.04. The van der Waals surface area contributed by atoms with Crippen LogP contribution in [0.25, 0.3) is 17.3 Å². The number of aromatic amines is 1. The number of nitrogens with one attached hydrogen (secondary N) is 1. The summed E-state index contributed by atoms with van der Waals surface area (Å²) in [4.78, 5) is 7.90. The Morgan fingerprint density at radius 1 is 1.33 bits per heavy atom. The molecule has 8 nitrogen and oxygen atoms in total. The maximum absolute atomic E-state index is 5.41. The van der Waals surface area contributed by atoms with E-state index in [1.165, 1.54) is 0 Å². The van der Waals surface area contributed by atoms with Crippen LogP contribution in [0.2, 0.25) is 0 Å². The predicted molar refractivity (Wildman–Crippen MR) is 50.6 cm³/mol. The van der Waals surface area contributed by atoms with Gasteiger partial charge in [-0.15, -0.1) is 15.3 Å². The smallest absolute Gasteiger partial charge is 0.239 e. The van der Waals surface area contributed by atoms with Crippen LogP contribution < -0.4 is 5.73 Å². The number of aromatic nitrogens is 7. The zero-order valence-electron chi connectivity index (χ0n) is 7.49. The lowest BCUT2D eigenvalue weighted by Gasteiger charge is -1.92. The number of nitrogen functional groups attached to an aromatic ring is 1. The summed E-state index contributed by atoms with van der Waals surface area (Å²) in [6.07, 6.45) is 4.99. The van der Waals surface area contributed by atoms with Gasteiger partial charge >= 0.3 is 0 Å². The minimum Gasteiger partial charge on any atom is -0.366 e. The van der Waals surface area contributed by atoms with Crippen molar-refractivity contribution in [1.82, 2.24) is 34.8 Å². The molecule has 3 rings (SSSR count). The van der Waals surface area contributed by atoms with Crippen molar-refractivity contribution in [1.29, 1.82) is 0 Å². The number of hydrogen-bond acceptors (Lipinski definition) is 6. The molecule has 0 bridgehead atoms. The molecule has 0 fully saturated rings. The van der Waals surface area contributed by atoms with Crippen molar-refractivity contribution in [3.8, 4) is 11.6 Å². The van der Waals surface area contributed by atoms with Gasteiger partial charge in [0.15, 0.2) is 11.5 Å². The highest BCUT2D eigenvalue weighted by Gasteiger charge is 2.11. The molecule has 3 N–H and O–H groups in total. The number of nitrogens with zero attached hydrogens (tertiary/aromatic N) is 6. The van der Waals surface area contributed by atoms with Crippen LogP contribution in [-0.4, -0.2) is 34.8 Å². The van der Waals surface area contributed by atoms with Crippen LogP contribution in [0.4, 0.5) is 5.95 Å². The van der Waals surface area contributed by atoms with Gasteiger partial charge in [-0.1, -0.05) is 0 Å². The van der Waals surface area contributed by atoms with Crippen LogP contribution in [0.15, 0.2) is 18.6 Å². The largest absolute Gasteiger partial charge is 0.366 e.